The van der Waals surface area contributed by atoms with Gasteiger partial charge in [0.15, 0.2) is 0 Å². The normalized spacial score (nSPS) is 11.2. The minimum Gasteiger partial charge on any atom is -0.355 e. The van der Waals surface area contributed by atoms with Crippen molar-refractivity contribution in [1.29, 1.82) is 0 Å². The Balaban J connectivity index is 3.05. The van der Waals surface area contributed by atoms with E-state index in [-0.39, 0.29) is 12.5 Å². The predicted octanol–water partition coefficient (Wildman–Crippen LogP) is 2.05. The summed E-state index contributed by atoms with van der Waals surface area (Å²) in [6, 6.07) is 5.26. The number of carbonyl (C=O) groups excluding carboxylic acids is 1. The smallest absolute Gasteiger partial charge is 0.240 e. The average molecular weight is 363 g/mol. The molecule has 0 aliphatic rings. The summed E-state index contributed by atoms with van der Waals surface area (Å²) in [6.45, 7) is 4.08. The van der Waals surface area contributed by atoms with Gasteiger partial charge in [0.1, 0.15) is 6.54 Å². The molecule has 0 heterocycles. The van der Waals surface area contributed by atoms with Crippen molar-refractivity contribution in [2.24, 2.45) is 0 Å². The van der Waals surface area contributed by atoms with E-state index in [0.29, 0.717) is 12.2 Å². The van der Waals surface area contributed by atoms with Crippen LogP contribution in [0.5, 0.6) is 0 Å². The number of nitrogens with one attached hydrogen (secondary N) is 1. The molecule has 0 atom stereocenters. The van der Waals surface area contributed by atoms with Crippen LogP contribution in [0.25, 0.3) is 0 Å². The molecule has 0 saturated carbocycles. The van der Waals surface area contributed by atoms with Crippen LogP contribution in [-0.2, 0) is 14.8 Å². The average Bonchev–Trinajstić information content (AvgIpc) is 2.33. The Morgan fingerprint density at radius 3 is 2.55 bits per heavy atom. The van der Waals surface area contributed by atoms with Crippen molar-refractivity contribution in [2.45, 2.75) is 20.3 Å². The van der Waals surface area contributed by atoms with Crippen LogP contribution in [0, 0.1) is 6.92 Å². The topological polar surface area (TPSA) is 66.5 Å². The van der Waals surface area contributed by atoms with E-state index in [1.807, 2.05) is 19.9 Å². The van der Waals surface area contributed by atoms with E-state index in [4.69, 9.17) is 0 Å². The molecular weight excluding hydrogens is 344 g/mol. The van der Waals surface area contributed by atoms with Crippen molar-refractivity contribution < 1.29 is 13.2 Å². The molecule has 7 heteroatoms. The van der Waals surface area contributed by atoms with Crippen molar-refractivity contribution >= 4 is 37.5 Å². The van der Waals surface area contributed by atoms with Crippen molar-refractivity contribution in [3.8, 4) is 0 Å². The van der Waals surface area contributed by atoms with E-state index in [9.17, 15) is 13.2 Å². The van der Waals surface area contributed by atoms with E-state index in [2.05, 4.69) is 21.2 Å². The number of benzene rings is 1. The number of sulfonamides is 1. The molecule has 0 spiro atoms. The molecule has 1 aromatic carbocycles. The van der Waals surface area contributed by atoms with Crippen LogP contribution in [0.2, 0.25) is 0 Å². The van der Waals surface area contributed by atoms with Gasteiger partial charge in [-0.25, -0.2) is 8.42 Å². The van der Waals surface area contributed by atoms with Gasteiger partial charge in [0, 0.05) is 11.0 Å². The fourth-order valence-electron chi connectivity index (χ4n) is 1.73. The van der Waals surface area contributed by atoms with Crippen LogP contribution in [-0.4, -0.2) is 33.7 Å². The zero-order chi connectivity index (χ0) is 15.3. The molecular formula is C13H19BrN2O3S. The van der Waals surface area contributed by atoms with Crippen molar-refractivity contribution in [3.63, 3.8) is 0 Å². The monoisotopic (exact) mass is 362 g/mol. The summed E-state index contributed by atoms with van der Waals surface area (Å²) in [5.74, 6) is -0.306. The first-order chi connectivity index (χ1) is 9.25. The summed E-state index contributed by atoms with van der Waals surface area (Å²) >= 11 is 3.33. The van der Waals surface area contributed by atoms with Gasteiger partial charge < -0.3 is 5.32 Å². The second-order valence-corrected chi connectivity index (χ2v) is 7.37. The molecule has 1 rings (SSSR count). The maximum absolute atomic E-state index is 11.9. The largest absolute Gasteiger partial charge is 0.355 e. The zero-order valence-corrected chi connectivity index (χ0v) is 14.2. The Hall–Kier alpha value is -1.08. The highest BCUT2D eigenvalue weighted by Gasteiger charge is 2.22. The van der Waals surface area contributed by atoms with Gasteiger partial charge in [0.25, 0.3) is 0 Å². The van der Waals surface area contributed by atoms with Crippen LogP contribution < -0.4 is 9.62 Å². The lowest BCUT2D eigenvalue weighted by Gasteiger charge is -2.23. The van der Waals surface area contributed by atoms with Gasteiger partial charge in [-0.1, -0.05) is 22.9 Å². The zero-order valence-electron chi connectivity index (χ0n) is 11.8. The van der Waals surface area contributed by atoms with Crippen molar-refractivity contribution in [3.05, 3.63) is 28.2 Å². The molecule has 112 valence electrons. The third-order valence-electron chi connectivity index (χ3n) is 2.69. The maximum atomic E-state index is 11.9. The first kappa shape index (κ1) is 17.0. The van der Waals surface area contributed by atoms with Crippen molar-refractivity contribution in [2.75, 3.05) is 23.7 Å². The Morgan fingerprint density at radius 1 is 1.40 bits per heavy atom. The summed E-state index contributed by atoms with van der Waals surface area (Å²) in [5, 5.41) is 2.68. The summed E-state index contributed by atoms with van der Waals surface area (Å²) < 4.78 is 25.8. The molecule has 0 radical (unpaired) electrons. The number of anilines is 1. The molecule has 0 bridgehead atoms. The van der Waals surface area contributed by atoms with Crippen LogP contribution in [0.15, 0.2) is 22.7 Å². The molecule has 5 nitrogen and oxygen atoms in total. The predicted molar refractivity (Wildman–Crippen MR) is 84.4 cm³/mol. The second-order valence-electron chi connectivity index (χ2n) is 4.55. The van der Waals surface area contributed by atoms with E-state index in [0.717, 1.165) is 27.0 Å². The molecule has 0 aliphatic heterocycles. The minimum absolute atomic E-state index is 0.207. The number of carbonyl (C=O) groups is 1. The van der Waals surface area contributed by atoms with Gasteiger partial charge in [0.05, 0.1) is 11.9 Å². The third kappa shape index (κ3) is 4.79. The molecule has 1 N–H and O–H groups in total. The fourth-order valence-corrected chi connectivity index (χ4v) is 3.12. The van der Waals surface area contributed by atoms with E-state index in [1.54, 1.807) is 12.1 Å². The molecule has 1 aromatic rings. The van der Waals surface area contributed by atoms with Gasteiger partial charge in [-0.2, -0.15) is 0 Å². The summed E-state index contributed by atoms with van der Waals surface area (Å²) in [4.78, 5) is 11.8. The minimum atomic E-state index is -3.52. The first-order valence-corrected chi connectivity index (χ1v) is 8.90. The summed E-state index contributed by atoms with van der Waals surface area (Å²) in [5.41, 5.74) is 1.30. The number of hydrogen-bond donors (Lipinski definition) is 1. The highest BCUT2D eigenvalue weighted by Crippen LogP contribution is 2.25. The molecule has 0 aliphatic carbocycles. The Bertz CT molecular complexity index is 587. The molecule has 0 saturated heterocycles. The Kier molecular flexibility index (Phi) is 6.01. The number of amides is 1. The van der Waals surface area contributed by atoms with Gasteiger partial charge in [-0.15, -0.1) is 0 Å². The SMILES string of the molecule is CCCNC(=O)CN(c1ccc(Br)cc1C)S(C)(=O)=O. The highest BCUT2D eigenvalue weighted by atomic mass is 79.9. The number of nitrogens with zero attached hydrogens (tertiary/aromatic N) is 1. The van der Waals surface area contributed by atoms with Crippen molar-refractivity contribution in [1.82, 2.24) is 5.32 Å². The number of rotatable bonds is 6. The molecule has 0 aromatic heterocycles. The molecule has 1 amide bonds. The van der Waals surface area contributed by atoms with Gasteiger partial charge in [0.2, 0.25) is 15.9 Å². The van der Waals surface area contributed by atoms with E-state index >= 15 is 0 Å². The second kappa shape index (κ2) is 7.08. The highest BCUT2D eigenvalue weighted by molar-refractivity contribution is 9.10. The quantitative estimate of drug-likeness (QED) is 0.841. The molecule has 0 unspecified atom stereocenters. The lowest BCUT2D eigenvalue weighted by molar-refractivity contribution is -0.119. The number of hydrogen-bond acceptors (Lipinski definition) is 3. The van der Waals surface area contributed by atoms with Crippen LogP contribution >= 0.6 is 15.9 Å². The van der Waals surface area contributed by atoms with E-state index in [1.165, 1.54) is 0 Å². The fraction of sp³-hybridized carbons (Fsp3) is 0.462. The number of halogens is 1. The summed E-state index contributed by atoms with van der Waals surface area (Å²) in [6.07, 6.45) is 1.91. The standard InChI is InChI=1S/C13H19BrN2O3S/c1-4-7-15-13(17)9-16(20(3,18)19)12-6-5-11(14)8-10(12)2/h5-6,8H,4,7,9H2,1-3H3,(H,15,17). The lowest BCUT2D eigenvalue weighted by Crippen LogP contribution is -2.40. The third-order valence-corrected chi connectivity index (χ3v) is 4.31. The van der Waals surface area contributed by atoms with E-state index < -0.39 is 10.0 Å². The Labute approximate surface area is 128 Å². The summed E-state index contributed by atoms with van der Waals surface area (Å²) in [7, 11) is -3.52. The molecule has 0 fully saturated rings. The van der Waals surface area contributed by atoms with Gasteiger partial charge in [-0.3, -0.25) is 9.10 Å². The lowest BCUT2D eigenvalue weighted by atomic mass is 10.2. The Morgan fingerprint density at radius 2 is 2.05 bits per heavy atom. The molecule has 20 heavy (non-hydrogen) atoms. The maximum Gasteiger partial charge on any atom is 0.240 e. The van der Waals surface area contributed by atoms with Crippen LogP contribution in [0.3, 0.4) is 0 Å². The van der Waals surface area contributed by atoms with Gasteiger partial charge >= 0.3 is 0 Å². The number of aryl methyl sites for hydroxylation is 1. The van der Waals surface area contributed by atoms with Crippen LogP contribution in [0.1, 0.15) is 18.9 Å². The first-order valence-electron chi connectivity index (χ1n) is 6.26. The van der Waals surface area contributed by atoms with Gasteiger partial charge in [-0.05, 0) is 37.1 Å². The van der Waals surface area contributed by atoms with Crippen LogP contribution in [0.4, 0.5) is 5.69 Å².